The topological polar surface area (TPSA) is 79.4 Å². The zero-order valence-corrected chi connectivity index (χ0v) is 18.5. The molecular weight excluding hydrogens is 434 g/mol. The highest BCUT2D eigenvalue weighted by molar-refractivity contribution is 7.98. The number of imidazole rings is 1. The molecule has 6 nitrogen and oxygen atoms in total. The fraction of sp³-hybridized carbons (Fsp3) is 0.143. The Morgan fingerprint density at radius 3 is 2.67 bits per heavy atom. The van der Waals surface area contributed by atoms with E-state index in [2.05, 4.69) is 34.0 Å². The number of nitrogens with one attached hydrogen (secondary N) is 2. The zero-order valence-electron chi connectivity index (χ0n) is 16.0. The van der Waals surface area contributed by atoms with Gasteiger partial charge in [-0.3, -0.25) is 9.36 Å². The van der Waals surface area contributed by atoms with Crippen LogP contribution in [0.1, 0.15) is 18.3 Å². The third-order valence-corrected chi connectivity index (χ3v) is 7.05. The number of rotatable bonds is 5. The third-order valence-electron chi connectivity index (χ3n) is 4.81. The summed E-state index contributed by atoms with van der Waals surface area (Å²) in [7, 11) is 0. The molecule has 9 heteroatoms. The summed E-state index contributed by atoms with van der Waals surface area (Å²) < 4.78 is 3.01. The van der Waals surface area contributed by atoms with Crippen LogP contribution >= 0.6 is 35.3 Å². The van der Waals surface area contributed by atoms with Crippen molar-refractivity contribution in [1.82, 2.24) is 24.5 Å². The smallest absolute Gasteiger partial charge is 0.271 e. The van der Waals surface area contributed by atoms with E-state index in [-0.39, 0.29) is 5.56 Å². The summed E-state index contributed by atoms with van der Waals surface area (Å²) in [5.41, 5.74) is 4.49. The Balaban J connectivity index is 1.51. The monoisotopic (exact) mass is 451 g/mol. The molecular formula is C21H17N5OS3. The standard InChI is InChI=1S/C21H17N5OS3/c1-2-12-7-9-13(10-8-12)26-18-17(30-21(26)28)19(27)25-20(24-18)29-11-16-22-14-5-3-4-6-15(14)23-16/h3-10H,2,11H2,1H3,(H,22,23)(H,24,25,27). The van der Waals surface area contributed by atoms with Crippen molar-refractivity contribution in [2.24, 2.45) is 0 Å². The number of nitrogens with zero attached hydrogens (tertiary/aromatic N) is 3. The van der Waals surface area contributed by atoms with Gasteiger partial charge in [-0.1, -0.05) is 54.3 Å². The molecule has 0 bridgehead atoms. The number of aromatic nitrogens is 5. The molecule has 3 aromatic heterocycles. The van der Waals surface area contributed by atoms with Gasteiger partial charge in [-0.05, 0) is 48.5 Å². The maximum absolute atomic E-state index is 12.7. The molecule has 30 heavy (non-hydrogen) atoms. The first-order valence-corrected chi connectivity index (χ1v) is 11.6. The van der Waals surface area contributed by atoms with Crippen LogP contribution in [-0.4, -0.2) is 24.5 Å². The van der Waals surface area contributed by atoms with Crippen LogP contribution in [0, 0.1) is 3.95 Å². The number of thioether (sulfide) groups is 1. The van der Waals surface area contributed by atoms with Crippen molar-refractivity contribution >= 4 is 56.7 Å². The van der Waals surface area contributed by atoms with Crippen molar-refractivity contribution in [2.45, 2.75) is 24.3 Å². The van der Waals surface area contributed by atoms with E-state index in [9.17, 15) is 4.79 Å². The van der Waals surface area contributed by atoms with Crippen molar-refractivity contribution in [3.8, 4) is 5.69 Å². The zero-order chi connectivity index (χ0) is 20.7. The van der Waals surface area contributed by atoms with Crippen LogP contribution in [0.15, 0.2) is 58.5 Å². The molecule has 0 aliphatic carbocycles. The Morgan fingerprint density at radius 2 is 1.90 bits per heavy atom. The lowest BCUT2D eigenvalue weighted by Crippen LogP contribution is -2.09. The van der Waals surface area contributed by atoms with E-state index in [1.165, 1.54) is 28.7 Å². The van der Waals surface area contributed by atoms with Crippen LogP contribution in [0.25, 0.3) is 27.1 Å². The number of aryl methyl sites for hydroxylation is 1. The summed E-state index contributed by atoms with van der Waals surface area (Å²) in [6.07, 6.45) is 0.969. The molecule has 0 saturated carbocycles. The van der Waals surface area contributed by atoms with Crippen LogP contribution < -0.4 is 5.56 Å². The van der Waals surface area contributed by atoms with E-state index in [0.717, 1.165) is 29.0 Å². The van der Waals surface area contributed by atoms with E-state index >= 15 is 0 Å². The second kappa shape index (κ2) is 7.82. The van der Waals surface area contributed by atoms with Crippen molar-refractivity contribution in [2.75, 3.05) is 0 Å². The number of benzene rings is 2. The summed E-state index contributed by atoms with van der Waals surface area (Å²) in [6.45, 7) is 2.12. The van der Waals surface area contributed by atoms with Crippen molar-refractivity contribution < 1.29 is 0 Å². The fourth-order valence-electron chi connectivity index (χ4n) is 3.28. The predicted molar refractivity (Wildman–Crippen MR) is 125 cm³/mol. The highest BCUT2D eigenvalue weighted by atomic mass is 32.2. The lowest BCUT2D eigenvalue weighted by atomic mass is 10.1. The summed E-state index contributed by atoms with van der Waals surface area (Å²) in [5.74, 6) is 1.40. The Labute approximate surface area is 185 Å². The predicted octanol–water partition coefficient (Wildman–Crippen LogP) is 5.24. The number of para-hydroxylation sites is 2. The number of hydrogen-bond donors (Lipinski definition) is 2. The minimum absolute atomic E-state index is 0.174. The number of thiazole rings is 1. The van der Waals surface area contributed by atoms with Gasteiger partial charge in [-0.15, -0.1) is 0 Å². The SMILES string of the molecule is CCc1ccc(-n2c(=S)sc3c(=O)[nH]c(SCc4nc5ccccc5[nH]4)nc32)cc1. The first kappa shape index (κ1) is 19.2. The van der Waals surface area contributed by atoms with Crippen LogP contribution in [0.4, 0.5) is 0 Å². The van der Waals surface area contributed by atoms with E-state index < -0.39 is 0 Å². The van der Waals surface area contributed by atoms with Gasteiger partial charge in [0, 0.05) is 5.69 Å². The quantitative estimate of drug-likeness (QED) is 0.217. The molecule has 0 unspecified atom stereocenters. The molecule has 0 amide bonds. The summed E-state index contributed by atoms with van der Waals surface area (Å²) in [4.78, 5) is 28.1. The number of fused-ring (bicyclic) bond motifs is 2. The lowest BCUT2D eigenvalue weighted by molar-refractivity contribution is 0.940. The average Bonchev–Trinajstić information content (AvgIpc) is 3.33. The van der Waals surface area contributed by atoms with E-state index in [0.29, 0.717) is 25.2 Å². The van der Waals surface area contributed by atoms with Gasteiger partial charge in [0.2, 0.25) is 0 Å². The fourth-order valence-corrected chi connectivity index (χ4v) is 5.28. The first-order chi connectivity index (χ1) is 14.6. The highest BCUT2D eigenvalue weighted by Gasteiger charge is 2.14. The summed E-state index contributed by atoms with van der Waals surface area (Å²) in [5, 5.41) is 0.541. The summed E-state index contributed by atoms with van der Waals surface area (Å²) in [6, 6.07) is 16.1. The van der Waals surface area contributed by atoms with Gasteiger partial charge in [0.25, 0.3) is 5.56 Å². The van der Waals surface area contributed by atoms with Gasteiger partial charge in [0.1, 0.15) is 10.5 Å². The first-order valence-electron chi connectivity index (χ1n) is 9.44. The van der Waals surface area contributed by atoms with Crippen LogP contribution in [0.5, 0.6) is 0 Å². The number of hydrogen-bond acceptors (Lipinski definition) is 6. The van der Waals surface area contributed by atoms with Crippen LogP contribution in [-0.2, 0) is 12.2 Å². The molecule has 0 aliphatic heterocycles. The molecule has 0 fully saturated rings. The second-order valence-electron chi connectivity index (χ2n) is 6.74. The average molecular weight is 452 g/mol. The molecule has 5 rings (SSSR count). The van der Waals surface area contributed by atoms with Crippen molar-refractivity contribution in [1.29, 1.82) is 0 Å². The molecule has 5 aromatic rings. The maximum atomic E-state index is 12.7. The normalized spacial score (nSPS) is 11.5. The minimum Gasteiger partial charge on any atom is -0.341 e. The van der Waals surface area contributed by atoms with E-state index in [1.807, 2.05) is 41.0 Å². The Hall–Kier alpha value is -2.75. The molecule has 2 N–H and O–H groups in total. The Morgan fingerprint density at radius 1 is 1.10 bits per heavy atom. The lowest BCUT2D eigenvalue weighted by Gasteiger charge is -2.06. The van der Waals surface area contributed by atoms with Crippen LogP contribution in [0.3, 0.4) is 0 Å². The van der Waals surface area contributed by atoms with Gasteiger partial charge < -0.3 is 9.97 Å². The number of aromatic amines is 2. The van der Waals surface area contributed by atoms with E-state index in [4.69, 9.17) is 17.2 Å². The molecule has 3 heterocycles. The third kappa shape index (κ3) is 3.49. The van der Waals surface area contributed by atoms with Gasteiger partial charge in [0.05, 0.1) is 16.8 Å². The Kier molecular flexibility index (Phi) is 5.01. The largest absolute Gasteiger partial charge is 0.341 e. The number of H-pyrrole nitrogens is 2. The molecule has 0 atom stereocenters. The summed E-state index contributed by atoms with van der Waals surface area (Å²) >= 11 is 8.26. The highest BCUT2D eigenvalue weighted by Crippen LogP contribution is 2.26. The molecule has 2 aromatic carbocycles. The van der Waals surface area contributed by atoms with Gasteiger partial charge in [0.15, 0.2) is 14.8 Å². The van der Waals surface area contributed by atoms with Crippen molar-refractivity contribution in [3.05, 3.63) is 74.2 Å². The molecule has 0 spiro atoms. The Bertz CT molecular complexity index is 1440. The van der Waals surface area contributed by atoms with Gasteiger partial charge >= 0.3 is 0 Å². The molecule has 0 saturated heterocycles. The van der Waals surface area contributed by atoms with Gasteiger partial charge in [-0.2, -0.15) is 0 Å². The van der Waals surface area contributed by atoms with Gasteiger partial charge in [-0.25, -0.2) is 9.97 Å². The molecule has 0 radical (unpaired) electrons. The van der Waals surface area contributed by atoms with Crippen LogP contribution in [0.2, 0.25) is 0 Å². The van der Waals surface area contributed by atoms with E-state index in [1.54, 1.807) is 0 Å². The molecule has 150 valence electrons. The molecule has 0 aliphatic rings. The second-order valence-corrected chi connectivity index (χ2v) is 9.34. The van der Waals surface area contributed by atoms with Crippen molar-refractivity contribution in [3.63, 3.8) is 0 Å². The minimum atomic E-state index is -0.174. The maximum Gasteiger partial charge on any atom is 0.271 e.